The summed E-state index contributed by atoms with van der Waals surface area (Å²) in [6.45, 7) is 0. The number of halogens is 2. The molecular weight excluding hydrogens is 264 g/mol. The quantitative estimate of drug-likeness (QED) is 0.775. The molecule has 0 unspecified atom stereocenters. The van der Waals surface area contributed by atoms with Gasteiger partial charge in [0, 0.05) is 17.3 Å². The lowest BCUT2D eigenvalue weighted by molar-refractivity contribution is 0.0692. The molecule has 1 aromatic heterocycles. The molecule has 5 heteroatoms. The van der Waals surface area contributed by atoms with Crippen molar-refractivity contribution in [2.75, 3.05) is 0 Å². The van der Waals surface area contributed by atoms with E-state index >= 15 is 0 Å². The molecule has 0 aliphatic carbocycles. The van der Waals surface area contributed by atoms with Gasteiger partial charge in [-0.25, -0.2) is 13.6 Å². The molecular formula is C15H9F2NO2. The lowest BCUT2D eigenvalue weighted by atomic mass is 10.1. The largest absolute Gasteiger partial charge is 0.478 e. The second kappa shape index (κ2) is 4.45. The second-order valence-corrected chi connectivity index (χ2v) is 4.36. The molecule has 0 radical (unpaired) electrons. The number of carbonyl (C=O) groups is 1. The fourth-order valence-corrected chi connectivity index (χ4v) is 2.15. The zero-order chi connectivity index (χ0) is 14.3. The summed E-state index contributed by atoms with van der Waals surface area (Å²) in [6, 6.07) is 9.89. The Morgan fingerprint density at radius 1 is 1.05 bits per heavy atom. The Balaban J connectivity index is 2.21. The van der Waals surface area contributed by atoms with Gasteiger partial charge < -0.3 is 9.67 Å². The Morgan fingerprint density at radius 2 is 1.75 bits per heavy atom. The molecule has 0 fully saturated rings. The van der Waals surface area contributed by atoms with Crippen LogP contribution in [0.3, 0.4) is 0 Å². The highest BCUT2D eigenvalue weighted by atomic mass is 19.1. The smallest absolute Gasteiger partial charge is 0.338 e. The molecule has 3 nitrogen and oxygen atoms in total. The average Bonchev–Trinajstić information content (AvgIpc) is 2.81. The van der Waals surface area contributed by atoms with Crippen molar-refractivity contribution in [1.82, 2.24) is 4.57 Å². The lowest BCUT2D eigenvalue weighted by Crippen LogP contribution is -2.01. The van der Waals surface area contributed by atoms with Gasteiger partial charge in [-0.05, 0) is 42.5 Å². The standard InChI is InChI=1S/C15H9F2NO2/c16-10-1-3-11(4-2-10)18-6-5-9-7-12(15(19)20)13(17)8-14(9)18/h1-8H,(H,19,20). The van der Waals surface area contributed by atoms with Gasteiger partial charge in [-0.2, -0.15) is 0 Å². The topological polar surface area (TPSA) is 42.2 Å². The number of aromatic carboxylic acids is 1. The van der Waals surface area contributed by atoms with Gasteiger partial charge in [0.15, 0.2) is 0 Å². The molecule has 100 valence electrons. The summed E-state index contributed by atoms with van der Waals surface area (Å²) >= 11 is 0. The zero-order valence-electron chi connectivity index (χ0n) is 10.2. The summed E-state index contributed by atoms with van der Waals surface area (Å²) in [6.07, 6.45) is 1.68. The zero-order valence-corrected chi connectivity index (χ0v) is 10.2. The van der Waals surface area contributed by atoms with E-state index in [-0.39, 0.29) is 11.4 Å². The summed E-state index contributed by atoms with van der Waals surface area (Å²) < 4.78 is 28.3. The Kier molecular flexibility index (Phi) is 2.75. The molecule has 0 spiro atoms. The van der Waals surface area contributed by atoms with Crippen molar-refractivity contribution >= 4 is 16.9 Å². The van der Waals surface area contributed by atoms with E-state index < -0.39 is 11.8 Å². The van der Waals surface area contributed by atoms with Crippen molar-refractivity contribution in [3.05, 3.63) is 65.9 Å². The van der Waals surface area contributed by atoms with Crippen molar-refractivity contribution in [3.8, 4) is 5.69 Å². The first-order chi connectivity index (χ1) is 9.56. The van der Waals surface area contributed by atoms with Crippen LogP contribution in [0.4, 0.5) is 8.78 Å². The molecule has 2 aromatic carbocycles. The Bertz CT molecular complexity index is 807. The highest BCUT2D eigenvalue weighted by molar-refractivity contribution is 5.94. The van der Waals surface area contributed by atoms with Crippen LogP contribution >= 0.6 is 0 Å². The van der Waals surface area contributed by atoms with Crippen molar-refractivity contribution in [3.63, 3.8) is 0 Å². The number of nitrogens with zero attached hydrogens (tertiary/aromatic N) is 1. The predicted molar refractivity (Wildman–Crippen MR) is 70.2 cm³/mol. The maximum atomic E-state index is 13.8. The molecule has 3 rings (SSSR count). The molecule has 20 heavy (non-hydrogen) atoms. The number of hydrogen-bond acceptors (Lipinski definition) is 1. The van der Waals surface area contributed by atoms with Crippen LogP contribution in [0, 0.1) is 11.6 Å². The third-order valence-electron chi connectivity index (χ3n) is 3.11. The van der Waals surface area contributed by atoms with E-state index in [0.29, 0.717) is 16.6 Å². The third kappa shape index (κ3) is 1.93. The third-order valence-corrected chi connectivity index (χ3v) is 3.11. The van der Waals surface area contributed by atoms with Crippen LogP contribution in [0.15, 0.2) is 48.7 Å². The van der Waals surface area contributed by atoms with E-state index in [2.05, 4.69) is 0 Å². The molecule has 3 aromatic rings. The van der Waals surface area contributed by atoms with Gasteiger partial charge in [0.1, 0.15) is 11.6 Å². The van der Waals surface area contributed by atoms with Gasteiger partial charge in [-0.15, -0.1) is 0 Å². The highest BCUT2D eigenvalue weighted by Crippen LogP contribution is 2.24. The molecule has 0 saturated heterocycles. The molecule has 1 heterocycles. The minimum Gasteiger partial charge on any atom is -0.478 e. The van der Waals surface area contributed by atoms with Crippen LogP contribution in [0.5, 0.6) is 0 Å². The van der Waals surface area contributed by atoms with E-state index in [0.717, 1.165) is 0 Å². The van der Waals surface area contributed by atoms with Gasteiger partial charge in [0.25, 0.3) is 0 Å². The van der Waals surface area contributed by atoms with Crippen molar-refractivity contribution < 1.29 is 18.7 Å². The molecule has 1 N–H and O–H groups in total. The van der Waals surface area contributed by atoms with Gasteiger partial charge in [-0.1, -0.05) is 0 Å². The number of carboxylic acids is 1. The molecule has 0 aliphatic rings. The van der Waals surface area contributed by atoms with Gasteiger partial charge in [-0.3, -0.25) is 0 Å². The van der Waals surface area contributed by atoms with Crippen LogP contribution in [0.25, 0.3) is 16.6 Å². The minimum atomic E-state index is -1.31. The van der Waals surface area contributed by atoms with Crippen molar-refractivity contribution in [2.24, 2.45) is 0 Å². The van der Waals surface area contributed by atoms with Crippen molar-refractivity contribution in [2.45, 2.75) is 0 Å². The van der Waals surface area contributed by atoms with E-state index in [1.165, 1.54) is 24.3 Å². The highest BCUT2D eigenvalue weighted by Gasteiger charge is 2.13. The van der Waals surface area contributed by atoms with E-state index in [4.69, 9.17) is 5.11 Å². The predicted octanol–water partition coefficient (Wildman–Crippen LogP) is 3.61. The molecule has 0 atom stereocenters. The average molecular weight is 273 g/mol. The van der Waals surface area contributed by atoms with Crippen LogP contribution in [-0.2, 0) is 0 Å². The monoisotopic (exact) mass is 273 g/mol. The first kappa shape index (κ1) is 12.3. The normalized spacial score (nSPS) is 10.9. The minimum absolute atomic E-state index is 0.357. The van der Waals surface area contributed by atoms with Crippen LogP contribution < -0.4 is 0 Å². The number of rotatable bonds is 2. The summed E-state index contributed by atoms with van der Waals surface area (Å²) in [5.41, 5.74) is 0.831. The van der Waals surface area contributed by atoms with Crippen molar-refractivity contribution in [1.29, 1.82) is 0 Å². The summed E-state index contributed by atoms with van der Waals surface area (Å²) in [5, 5.41) is 9.50. The fraction of sp³-hybridized carbons (Fsp3) is 0. The SMILES string of the molecule is O=C(O)c1cc2ccn(-c3ccc(F)cc3)c2cc1F. The molecule has 0 aliphatic heterocycles. The maximum absolute atomic E-state index is 13.8. The summed E-state index contributed by atoms with van der Waals surface area (Å²) in [4.78, 5) is 10.9. The lowest BCUT2D eigenvalue weighted by Gasteiger charge is -2.06. The maximum Gasteiger partial charge on any atom is 0.338 e. The Morgan fingerprint density at radius 3 is 2.40 bits per heavy atom. The van der Waals surface area contributed by atoms with Crippen LogP contribution in [0.2, 0.25) is 0 Å². The second-order valence-electron chi connectivity index (χ2n) is 4.36. The number of fused-ring (bicyclic) bond motifs is 1. The number of benzene rings is 2. The summed E-state index contributed by atoms with van der Waals surface area (Å²) in [7, 11) is 0. The number of hydrogen-bond donors (Lipinski definition) is 1. The van der Waals surface area contributed by atoms with E-state index in [9.17, 15) is 13.6 Å². The number of aromatic nitrogens is 1. The van der Waals surface area contributed by atoms with Gasteiger partial charge >= 0.3 is 5.97 Å². The summed E-state index contributed by atoms with van der Waals surface area (Å²) in [5.74, 6) is -2.46. The molecule has 0 amide bonds. The first-order valence-corrected chi connectivity index (χ1v) is 5.86. The van der Waals surface area contributed by atoms with Crippen LogP contribution in [0.1, 0.15) is 10.4 Å². The van der Waals surface area contributed by atoms with E-state index in [1.54, 1.807) is 29.0 Å². The van der Waals surface area contributed by atoms with Crippen LogP contribution in [-0.4, -0.2) is 15.6 Å². The Hall–Kier alpha value is -2.69. The first-order valence-electron chi connectivity index (χ1n) is 5.86. The number of carboxylic acid groups (broad SMARTS) is 1. The Labute approximate surface area is 112 Å². The molecule has 0 bridgehead atoms. The van der Waals surface area contributed by atoms with E-state index in [1.807, 2.05) is 0 Å². The fourth-order valence-electron chi connectivity index (χ4n) is 2.15. The molecule has 0 saturated carbocycles. The van der Waals surface area contributed by atoms with Gasteiger partial charge in [0.05, 0.1) is 11.1 Å². The van der Waals surface area contributed by atoms with Gasteiger partial charge in [0.2, 0.25) is 0 Å².